The zero-order valence-corrected chi connectivity index (χ0v) is 14.2. The van der Waals surface area contributed by atoms with Crippen LogP contribution in [0, 0.1) is 12.9 Å². The molecule has 1 aliphatic rings. The van der Waals surface area contributed by atoms with Gasteiger partial charge in [-0.05, 0) is 42.5 Å². The van der Waals surface area contributed by atoms with E-state index in [2.05, 4.69) is 15.0 Å². The maximum atomic E-state index is 14.0. The summed E-state index contributed by atoms with van der Waals surface area (Å²) in [5.74, 6) is -0.332. The molecule has 4 rings (SSSR count). The number of carbonyl (C=O) groups excluding carboxylic acids is 1. The molecule has 26 heavy (non-hydrogen) atoms. The van der Waals surface area contributed by atoms with Gasteiger partial charge >= 0.3 is 0 Å². The first-order chi connectivity index (χ1) is 12.5. The van der Waals surface area contributed by atoms with Crippen LogP contribution in [0.1, 0.15) is 39.6 Å². The Labute approximate surface area is 150 Å². The van der Waals surface area contributed by atoms with E-state index in [4.69, 9.17) is 5.73 Å². The lowest BCUT2D eigenvalue weighted by Crippen LogP contribution is -2.23. The number of nitrogens with two attached hydrogens (primary N) is 1. The Morgan fingerprint density at radius 2 is 2.00 bits per heavy atom. The highest BCUT2D eigenvalue weighted by molar-refractivity contribution is 5.99. The number of rotatable bonds is 2. The molecule has 1 aliphatic carbocycles. The molecule has 0 saturated carbocycles. The summed E-state index contributed by atoms with van der Waals surface area (Å²) >= 11 is 0. The summed E-state index contributed by atoms with van der Waals surface area (Å²) in [5, 5.41) is 0. The molecule has 2 heterocycles. The Kier molecular flexibility index (Phi) is 3.95. The van der Waals surface area contributed by atoms with Gasteiger partial charge in [0, 0.05) is 18.2 Å². The molecular formula is C20H17FN4O. The van der Waals surface area contributed by atoms with Crippen LogP contribution >= 0.6 is 0 Å². The van der Waals surface area contributed by atoms with Crippen LogP contribution in [0.4, 0.5) is 10.3 Å². The first kappa shape index (κ1) is 16.3. The number of fused-ring (bicyclic) bond motifs is 1. The summed E-state index contributed by atoms with van der Waals surface area (Å²) in [4.78, 5) is 24.7. The number of hydrogen-bond acceptors (Lipinski definition) is 5. The molecule has 5 nitrogen and oxygen atoms in total. The minimum Gasteiger partial charge on any atom is -0.368 e. The normalized spacial score (nSPS) is 16.4. The summed E-state index contributed by atoms with van der Waals surface area (Å²) < 4.78 is 14.0. The average Bonchev–Trinajstić information content (AvgIpc) is 2.61. The molecule has 0 fully saturated rings. The van der Waals surface area contributed by atoms with Crippen LogP contribution in [0.15, 0.2) is 42.6 Å². The SMILES string of the molecule is Cc1nc(N)nc2c1C(=O)CC(c1cccc(-c3cccnc3F)c1)C2. The second-order valence-corrected chi connectivity index (χ2v) is 6.48. The molecule has 0 amide bonds. The van der Waals surface area contributed by atoms with Crippen LogP contribution in [-0.4, -0.2) is 20.7 Å². The predicted molar refractivity (Wildman–Crippen MR) is 96.2 cm³/mol. The Balaban J connectivity index is 1.72. The van der Waals surface area contributed by atoms with Crippen molar-refractivity contribution in [2.24, 2.45) is 0 Å². The van der Waals surface area contributed by atoms with E-state index in [9.17, 15) is 9.18 Å². The van der Waals surface area contributed by atoms with Gasteiger partial charge in [-0.25, -0.2) is 15.0 Å². The van der Waals surface area contributed by atoms with Gasteiger partial charge in [-0.15, -0.1) is 0 Å². The number of pyridine rings is 1. The molecule has 3 aromatic rings. The average molecular weight is 348 g/mol. The van der Waals surface area contributed by atoms with E-state index >= 15 is 0 Å². The van der Waals surface area contributed by atoms with Gasteiger partial charge in [0.1, 0.15) is 0 Å². The smallest absolute Gasteiger partial charge is 0.220 e. The summed E-state index contributed by atoms with van der Waals surface area (Å²) in [7, 11) is 0. The maximum Gasteiger partial charge on any atom is 0.220 e. The third-order valence-corrected chi connectivity index (χ3v) is 4.76. The molecule has 2 aromatic heterocycles. The summed E-state index contributed by atoms with van der Waals surface area (Å²) in [5.41, 5.74) is 9.81. The van der Waals surface area contributed by atoms with Crippen molar-refractivity contribution in [1.82, 2.24) is 15.0 Å². The number of Topliss-reactive ketones (excluding diaryl/α,β-unsaturated/α-hetero) is 1. The van der Waals surface area contributed by atoms with Crippen molar-refractivity contribution in [1.29, 1.82) is 0 Å². The molecule has 1 aromatic carbocycles. The van der Waals surface area contributed by atoms with Crippen molar-refractivity contribution < 1.29 is 9.18 Å². The maximum absolute atomic E-state index is 14.0. The molecule has 6 heteroatoms. The van der Waals surface area contributed by atoms with Crippen LogP contribution in [0.5, 0.6) is 0 Å². The van der Waals surface area contributed by atoms with E-state index in [0.717, 1.165) is 11.1 Å². The second-order valence-electron chi connectivity index (χ2n) is 6.48. The van der Waals surface area contributed by atoms with Crippen LogP contribution in [0.25, 0.3) is 11.1 Å². The summed E-state index contributed by atoms with van der Waals surface area (Å²) in [6, 6.07) is 11.0. The second kappa shape index (κ2) is 6.29. The highest BCUT2D eigenvalue weighted by Crippen LogP contribution is 2.34. The summed E-state index contributed by atoms with van der Waals surface area (Å²) in [6.45, 7) is 1.78. The van der Waals surface area contributed by atoms with Gasteiger partial charge in [-0.3, -0.25) is 4.79 Å². The van der Waals surface area contributed by atoms with Crippen molar-refractivity contribution >= 4 is 11.7 Å². The van der Waals surface area contributed by atoms with Gasteiger partial charge in [-0.1, -0.05) is 24.3 Å². The fraction of sp³-hybridized carbons (Fsp3) is 0.200. The third-order valence-electron chi connectivity index (χ3n) is 4.76. The summed E-state index contributed by atoms with van der Waals surface area (Å²) in [6.07, 6.45) is 2.40. The van der Waals surface area contributed by atoms with Crippen LogP contribution < -0.4 is 5.73 Å². The highest BCUT2D eigenvalue weighted by Gasteiger charge is 2.29. The fourth-order valence-corrected chi connectivity index (χ4v) is 3.59. The highest BCUT2D eigenvalue weighted by atomic mass is 19.1. The molecule has 0 spiro atoms. The van der Waals surface area contributed by atoms with E-state index in [-0.39, 0.29) is 17.6 Å². The minimum absolute atomic E-state index is 0.0201. The molecular weight excluding hydrogens is 331 g/mol. The first-order valence-corrected chi connectivity index (χ1v) is 8.40. The van der Waals surface area contributed by atoms with Crippen molar-refractivity contribution in [3.63, 3.8) is 0 Å². The van der Waals surface area contributed by atoms with Crippen molar-refractivity contribution in [3.05, 3.63) is 71.1 Å². The number of aromatic nitrogens is 3. The molecule has 0 aliphatic heterocycles. The van der Waals surface area contributed by atoms with Gasteiger partial charge in [0.15, 0.2) is 5.78 Å². The Hall–Kier alpha value is -3.15. The van der Waals surface area contributed by atoms with E-state index in [0.29, 0.717) is 35.4 Å². The van der Waals surface area contributed by atoms with Crippen molar-refractivity contribution in [2.45, 2.75) is 25.7 Å². The lowest BCUT2D eigenvalue weighted by molar-refractivity contribution is 0.0962. The van der Waals surface area contributed by atoms with Crippen molar-refractivity contribution in [2.75, 3.05) is 5.73 Å². The standard InChI is InChI=1S/C20H17FN4O/c1-11-18-16(25-20(22)24-11)9-14(10-17(18)26)12-4-2-5-13(8-12)15-6-3-7-23-19(15)21/h2-8,14H,9-10H2,1H3,(H2,22,24,25). The molecule has 0 bridgehead atoms. The van der Waals surface area contributed by atoms with Gasteiger partial charge in [0.2, 0.25) is 11.9 Å². The zero-order valence-electron chi connectivity index (χ0n) is 14.2. The molecule has 1 atom stereocenters. The number of nitrogen functional groups attached to an aromatic ring is 1. The minimum atomic E-state index is -0.508. The number of ketones is 1. The van der Waals surface area contributed by atoms with Gasteiger partial charge in [0.25, 0.3) is 0 Å². The molecule has 2 N–H and O–H groups in total. The number of benzene rings is 1. The van der Waals surface area contributed by atoms with Gasteiger partial charge in [-0.2, -0.15) is 4.39 Å². The predicted octanol–water partition coefficient (Wildman–Crippen LogP) is 3.48. The molecule has 130 valence electrons. The third kappa shape index (κ3) is 2.83. The van der Waals surface area contributed by atoms with Crippen LogP contribution in [0.2, 0.25) is 0 Å². The van der Waals surface area contributed by atoms with Crippen LogP contribution in [-0.2, 0) is 6.42 Å². The molecule has 1 unspecified atom stereocenters. The Bertz CT molecular complexity index is 1020. The number of hydrogen-bond donors (Lipinski definition) is 1. The van der Waals surface area contributed by atoms with E-state index in [1.165, 1.54) is 6.20 Å². The van der Waals surface area contributed by atoms with Gasteiger partial charge < -0.3 is 5.73 Å². The van der Waals surface area contributed by atoms with E-state index in [1.807, 2.05) is 24.3 Å². The largest absolute Gasteiger partial charge is 0.368 e. The number of anilines is 1. The zero-order chi connectivity index (χ0) is 18.3. The van der Waals surface area contributed by atoms with Crippen LogP contribution in [0.3, 0.4) is 0 Å². The van der Waals surface area contributed by atoms with E-state index < -0.39 is 5.95 Å². The fourth-order valence-electron chi connectivity index (χ4n) is 3.59. The van der Waals surface area contributed by atoms with Gasteiger partial charge in [0.05, 0.1) is 17.0 Å². The first-order valence-electron chi connectivity index (χ1n) is 8.40. The quantitative estimate of drug-likeness (QED) is 0.717. The number of carbonyl (C=O) groups is 1. The number of nitrogens with zero attached hydrogens (tertiary/aromatic N) is 3. The molecule has 0 radical (unpaired) electrons. The molecule has 0 saturated heterocycles. The lowest BCUT2D eigenvalue weighted by atomic mass is 9.80. The number of halogens is 1. The Morgan fingerprint density at radius 3 is 2.81 bits per heavy atom. The van der Waals surface area contributed by atoms with E-state index in [1.54, 1.807) is 19.1 Å². The Morgan fingerprint density at radius 1 is 1.15 bits per heavy atom. The van der Waals surface area contributed by atoms with Crippen molar-refractivity contribution in [3.8, 4) is 11.1 Å². The lowest BCUT2D eigenvalue weighted by Gasteiger charge is -2.24. The topological polar surface area (TPSA) is 81.8 Å². The monoisotopic (exact) mass is 348 g/mol. The number of aryl methyl sites for hydroxylation is 1.